The quantitative estimate of drug-likeness (QED) is 0.852. The summed E-state index contributed by atoms with van der Waals surface area (Å²) in [5.74, 6) is 1.93. The van der Waals surface area contributed by atoms with Gasteiger partial charge in [0.25, 0.3) is 0 Å². The number of piperidine rings is 1. The van der Waals surface area contributed by atoms with Gasteiger partial charge in [0.15, 0.2) is 0 Å². The summed E-state index contributed by atoms with van der Waals surface area (Å²) >= 11 is 5.90. The third kappa shape index (κ3) is 4.47. The third-order valence-electron chi connectivity index (χ3n) is 5.53. The number of halogens is 1. The molecule has 22 heavy (non-hydrogen) atoms. The van der Waals surface area contributed by atoms with E-state index in [1.54, 1.807) is 0 Å². The molecule has 3 heteroatoms. The highest BCUT2D eigenvalue weighted by Crippen LogP contribution is 2.34. The molecule has 3 rings (SSSR count). The fourth-order valence-electron chi connectivity index (χ4n) is 4.16. The number of hydrogen-bond acceptors (Lipinski definition) is 2. The van der Waals surface area contributed by atoms with Gasteiger partial charge in [0.05, 0.1) is 6.10 Å². The van der Waals surface area contributed by atoms with Crippen LogP contribution >= 0.6 is 11.6 Å². The smallest absolute Gasteiger partial charge is 0.0916 e. The van der Waals surface area contributed by atoms with Crippen LogP contribution in [0.25, 0.3) is 0 Å². The monoisotopic (exact) mass is 321 g/mol. The van der Waals surface area contributed by atoms with E-state index in [1.165, 1.54) is 44.9 Å². The van der Waals surface area contributed by atoms with E-state index >= 15 is 0 Å². The third-order valence-corrected chi connectivity index (χ3v) is 5.79. The average molecular weight is 322 g/mol. The highest BCUT2D eigenvalue weighted by molar-refractivity contribution is 6.30. The molecule has 1 aromatic carbocycles. The van der Waals surface area contributed by atoms with Crippen LogP contribution in [0.3, 0.4) is 0 Å². The second kappa shape index (κ2) is 7.81. The van der Waals surface area contributed by atoms with Crippen LogP contribution in [0.5, 0.6) is 0 Å². The molecule has 1 aliphatic carbocycles. The van der Waals surface area contributed by atoms with Gasteiger partial charge >= 0.3 is 0 Å². The van der Waals surface area contributed by atoms with E-state index in [9.17, 15) is 5.11 Å². The van der Waals surface area contributed by atoms with E-state index in [4.69, 9.17) is 11.6 Å². The zero-order chi connectivity index (χ0) is 15.4. The number of benzene rings is 1. The standard InChI is InChI=1S/C19H28ClNO/c20-18-7-5-17(6-8-18)19(22)14-21-11-9-16(10-12-21)13-15-3-1-2-4-15/h5-8,15-16,19,22H,1-4,9-14H2. The van der Waals surface area contributed by atoms with E-state index in [1.807, 2.05) is 24.3 Å². The van der Waals surface area contributed by atoms with Crippen molar-refractivity contribution < 1.29 is 5.11 Å². The number of aliphatic hydroxyl groups is 1. The molecule has 1 N–H and O–H groups in total. The van der Waals surface area contributed by atoms with Gasteiger partial charge in [0.1, 0.15) is 0 Å². The molecule has 2 aliphatic rings. The summed E-state index contributed by atoms with van der Waals surface area (Å²) < 4.78 is 0. The van der Waals surface area contributed by atoms with Crippen LogP contribution in [0.4, 0.5) is 0 Å². The summed E-state index contributed by atoms with van der Waals surface area (Å²) in [5, 5.41) is 11.1. The van der Waals surface area contributed by atoms with Gasteiger partial charge < -0.3 is 10.0 Å². The maximum Gasteiger partial charge on any atom is 0.0916 e. The van der Waals surface area contributed by atoms with Gasteiger partial charge in [0, 0.05) is 11.6 Å². The highest BCUT2D eigenvalue weighted by atomic mass is 35.5. The molecule has 1 saturated heterocycles. The van der Waals surface area contributed by atoms with E-state index in [0.29, 0.717) is 0 Å². The van der Waals surface area contributed by atoms with Gasteiger partial charge in [-0.1, -0.05) is 49.4 Å². The van der Waals surface area contributed by atoms with Gasteiger partial charge in [-0.05, 0) is 61.9 Å². The van der Waals surface area contributed by atoms with Crippen LogP contribution in [-0.4, -0.2) is 29.6 Å². The summed E-state index contributed by atoms with van der Waals surface area (Å²) in [5.41, 5.74) is 0.970. The van der Waals surface area contributed by atoms with Crippen molar-refractivity contribution in [3.05, 3.63) is 34.9 Å². The molecule has 2 nitrogen and oxygen atoms in total. The van der Waals surface area contributed by atoms with E-state index in [-0.39, 0.29) is 0 Å². The summed E-state index contributed by atoms with van der Waals surface area (Å²) in [7, 11) is 0. The van der Waals surface area contributed by atoms with Crippen molar-refractivity contribution in [1.82, 2.24) is 4.90 Å². The Morgan fingerprint density at radius 2 is 1.59 bits per heavy atom. The number of hydrogen-bond donors (Lipinski definition) is 1. The Balaban J connectivity index is 1.42. The van der Waals surface area contributed by atoms with Crippen LogP contribution in [-0.2, 0) is 0 Å². The molecule has 0 radical (unpaired) electrons. The Morgan fingerprint density at radius 1 is 1.00 bits per heavy atom. The first kappa shape index (κ1) is 16.3. The molecule has 1 aliphatic heterocycles. The molecule has 1 saturated carbocycles. The number of likely N-dealkylation sites (tertiary alicyclic amines) is 1. The van der Waals surface area contributed by atoms with Crippen LogP contribution in [0.2, 0.25) is 5.02 Å². The Bertz CT molecular complexity index is 447. The lowest BCUT2D eigenvalue weighted by atomic mass is 9.86. The van der Waals surface area contributed by atoms with Gasteiger partial charge in [0.2, 0.25) is 0 Å². The summed E-state index contributed by atoms with van der Waals surface area (Å²) in [6.45, 7) is 3.03. The van der Waals surface area contributed by atoms with E-state index in [0.717, 1.165) is 42.1 Å². The minimum atomic E-state index is -0.399. The maximum atomic E-state index is 10.4. The zero-order valence-corrected chi connectivity index (χ0v) is 14.1. The lowest BCUT2D eigenvalue weighted by molar-refractivity contribution is 0.0852. The molecule has 1 aromatic rings. The minimum Gasteiger partial charge on any atom is -0.387 e. The lowest BCUT2D eigenvalue weighted by Gasteiger charge is -2.34. The molecule has 0 spiro atoms. The molecule has 1 heterocycles. The van der Waals surface area contributed by atoms with E-state index < -0.39 is 6.10 Å². The van der Waals surface area contributed by atoms with Gasteiger partial charge in [-0.2, -0.15) is 0 Å². The summed E-state index contributed by atoms with van der Waals surface area (Å²) in [4.78, 5) is 2.42. The molecule has 0 bridgehead atoms. The minimum absolute atomic E-state index is 0.399. The Morgan fingerprint density at radius 3 is 2.23 bits per heavy atom. The van der Waals surface area contributed by atoms with E-state index in [2.05, 4.69) is 4.90 Å². The molecular formula is C19H28ClNO. The maximum absolute atomic E-state index is 10.4. The van der Waals surface area contributed by atoms with Crippen molar-refractivity contribution in [3.63, 3.8) is 0 Å². The zero-order valence-electron chi connectivity index (χ0n) is 13.4. The first-order valence-electron chi connectivity index (χ1n) is 8.86. The largest absolute Gasteiger partial charge is 0.387 e. The Hall–Kier alpha value is -0.570. The van der Waals surface area contributed by atoms with Crippen molar-refractivity contribution in [2.24, 2.45) is 11.8 Å². The van der Waals surface area contributed by atoms with Gasteiger partial charge in [-0.15, -0.1) is 0 Å². The summed E-state index contributed by atoms with van der Waals surface area (Å²) in [6, 6.07) is 7.57. The second-order valence-corrected chi connectivity index (χ2v) is 7.63. The number of β-amino-alcohol motifs (C(OH)–C–C–N with tert-alkyl or cyclic N) is 1. The average Bonchev–Trinajstić information content (AvgIpc) is 3.03. The van der Waals surface area contributed by atoms with Crippen molar-refractivity contribution in [3.8, 4) is 0 Å². The number of aliphatic hydroxyl groups excluding tert-OH is 1. The van der Waals surface area contributed by atoms with Crippen LogP contribution in [0.15, 0.2) is 24.3 Å². The van der Waals surface area contributed by atoms with Crippen molar-refractivity contribution in [1.29, 1.82) is 0 Å². The number of rotatable bonds is 5. The molecular weight excluding hydrogens is 294 g/mol. The van der Waals surface area contributed by atoms with Crippen LogP contribution in [0, 0.1) is 11.8 Å². The molecule has 1 atom stereocenters. The molecule has 0 amide bonds. The van der Waals surface area contributed by atoms with Crippen molar-refractivity contribution >= 4 is 11.6 Å². The predicted molar refractivity (Wildman–Crippen MR) is 92.2 cm³/mol. The Kier molecular flexibility index (Phi) is 5.78. The molecule has 2 fully saturated rings. The first-order chi connectivity index (χ1) is 10.7. The number of nitrogens with zero attached hydrogens (tertiary/aromatic N) is 1. The molecule has 1 unspecified atom stereocenters. The highest BCUT2D eigenvalue weighted by Gasteiger charge is 2.25. The predicted octanol–water partition coefficient (Wildman–Crippen LogP) is 4.67. The fourth-order valence-corrected chi connectivity index (χ4v) is 4.28. The molecule has 0 aromatic heterocycles. The van der Waals surface area contributed by atoms with Crippen LogP contribution in [0.1, 0.15) is 56.6 Å². The normalized spacial score (nSPS) is 23.0. The van der Waals surface area contributed by atoms with Gasteiger partial charge in [-0.25, -0.2) is 0 Å². The van der Waals surface area contributed by atoms with Crippen LogP contribution < -0.4 is 0 Å². The SMILES string of the molecule is OC(CN1CCC(CC2CCCC2)CC1)c1ccc(Cl)cc1. The summed E-state index contributed by atoms with van der Waals surface area (Å²) in [6.07, 6.45) is 9.52. The second-order valence-electron chi connectivity index (χ2n) is 7.20. The van der Waals surface area contributed by atoms with Crippen molar-refractivity contribution in [2.45, 2.75) is 51.0 Å². The van der Waals surface area contributed by atoms with Crippen molar-refractivity contribution in [2.75, 3.05) is 19.6 Å². The topological polar surface area (TPSA) is 23.5 Å². The Labute approximate surface area is 139 Å². The molecule has 122 valence electrons. The van der Waals surface area contributed by atoms with Gasteiger partial charge in [-0.3, -0.25) is 0 Å². The fraction of sp³-hybridized carbons (Fsp3) is 0.684. The first-order valence-corrected chi connectivity index (χ1v) is 9.24. The lowest BCUT2D eigenvalue weighted by Crippen LogP contribution is -2.37.